The minimum Gasteiger partial charge on any atom is -0.394 e. The van der Waals surface area contributed by atoms with Gasteiger partial charge >= 0.3 is 0 Å². The molecule has 1 heterocycles. The van der Waals surface area contributed by atoms with Crippen LogP contribution in [0.4, 0.5) is 0 Å². The van der Waals surface area contributed by atoms with E-state index in [0.717, 1.165) is 0 Å². The van der Waals surface area contributed by atoms with Gasteiger partial charge in [-0.05, 0) is 13.3 Å². The molecular formula is C16H26O8. The lowest BCUT2D eigenvalue weighted by atomic mass is 9.41. The SMILES string of the molecule is CC1(C)[C@@H]2C[C@@]1(O[C@@H]1O[C@H](CO)[C@@H](O)[C@H](O)[C@H]1O)CC(=O)[C@]2(C)O. The van der Waals surface area contributed by atoms with E-state index in [1.165, 1.54) is 6.92 Å². The highest BCUT2D eigenvalue weighted by atomic mass is 16.7. The van der Waals surface area contributed by atoms with Gasteiger partial charge in [0.25, 0.3) is 0 Å². The molecule has 4 rings (SSSR count). The molecule has 0 radical (unpaired) electrons. The Balaban J connectivity index is 1.82. The molecule has 8 heteroatoms. The predicted octanol–water partition coefficient (Wildman–Crippen LogP) is -1.69. The molecule has 0 spiro atoms. The van der Waals surface area contributed by atoms with Gasteiger partial charge in [-0.15, -0.1) is 0 Å². The van der Waals surface area contributed by atoms with Crippen LogP contribution in [0.25, 0.3) is 0 Å². The van der Waals surface area contributed by atoms with Crippen molar-refractivity contribution in [2.24, 2.45) is 11.3 Å². The number of hydrogen-bond donors (Lipinski definition) is 5. The molecule has 0 unspecified atom stereocenters. The van der Waals surface area contributed by atoms with Gasteiger partial charge in [-0.25, -0.2) is 0 Å². The van der Waals surface area contributed by atoms with Crippen molar-refractivity contribution in [3.8, 4) is 0 Å². The normalized spacial score (nSPS) is 53.6. The Hall–Kier alpha value is -0.610. The van der Waals surface area contributed by atoms with Crippen molar-refractivity contribution in [3.63, 3.8) is 0 Å². The van der Waals surface area contributed by atoms with E-state index < -0.39 is 53.9 Å². The van der Waals surface area contributed by atoms with E-state index in [4.69, 9.17) is 9.47 Å². The minimum atomic E-state index is -1.53. The smallest absolute Gasteiger partial charge is 0.187 e. The summed E-state index contributed by atoms with van der Waals surface area (Å²) in [6.07, 6.45) is -6.45. The highest BCUT2D eigenvalue weighted by Crippen LogP contribution is 2.66. The standard InChI is InChI=1S/C16H26O8/c1-14(2)8-4-16(14,5-9(18)15(8,3)22)24-13-12(21)11(20)10(19)7(6-17)23-13/h7-8,10-13,17,19-22H,4-6H2,1-3H3/t7-,8+,10-,11+,12-,13+,15-,16-/m1/s1. The summed E-state index contributed by atoms with van der Waals surface area (Å²) in [5, 5.41) is 49.5. The number of ketones is 1. The highest BCUT2D eigenvalue weighted by Gasteiger charge is 2.73. The molecule has 0 amide bonds. The fraction of sp³-hybridized carbons (Fsp3) is 0.938. The maximum Gasteiger partial charge on any atom is 0.187 e. The van der Waals surface area contributed by atoms with Gasteiger partial charge in [0.1, 0.15) is 30.0 Å². The molecule has 4 fully saturated rings. The molecule has 0 aromatic carbocycles. The first-order valence-corrected chi connectivity index (χ1v) is 8.22. The lowest BCUT2D eigenvalue weighted by Crippen LogP contribution is -2.76. The summed E-state index contributed by atoms with van der Waals surface area (Å²) in [5.74, 6) is -0.612. The highest BCUT2D eigenvalue weighted by molar-refractivity contribution is 5.90. The summed E-state index contributed by atoms with van der Waals surface area (Å²) in [4.78, 5) is 12.2. The summed E-state index contributed by atoms with van der Waals surface area (Å²) >= 11 is 0. The zero-order valence-electron chi connectivity index (χ0n) is 14.0. The molecule has 138 valence electrons. The molecule has 1 aliphatic heterocycles. The van der Waals surface area contributed by atoms with Crippen LogP contribution in [-0.2, 0) is 14.3 Å². The van der Waals surface area contributed by atoms with Crippen LogP contribution >= 0.6 is 0 Å². The molecule has 3 aliphatic carbocycles. The average molecular weight is 346 g/mol. The monoisotopic (exact) mass is 346 g/mol. The van der Waals surface area contributed by atoms with E-state index in [-0.39, 0.29) is 18.1 Å². The Bertz CT molecular complexity index is 530. The zero-order valence-corrected chi connectivity index (χ0v) is 14.0. The molecular weight excluding hydrogens is 320 g/mol. The van der Waals surface area contributed by atoms with E-state index in [1.54, 1.807) is 0 Å². The first kappa shape index (κ1) is 18.2. The number of fused-ring (bicyclic) bond motifs is 2. The number of hydrogen-bond acceptors (Lipinski definition) is 8. The van der Waals surface area contributed by atoms with Crippen molar-refractivity contribution >= 4 is 5.78 Å². The van der Waals surface area contributed by atoms with Crippen LogP contribution in [0.2, 0.25) is 0 Å². The Kier molecular flexibility index (Phi) is 4.12. The number of aliphatic hydroxyl groups excluding tert-OH is 4. The van der Waals surface area contributed by atoms with Crippen molar-refractivity contribution in [2.75, 3.05) is 6.61 Å². The van der Waals surface area contributed by atoms with Crippen LogP contribution in [0.1, 0.15) is 33.6 Å². The largest absolute Gasteiger partial charge is 0.394 e. The second-order valence-corrected chi connectivity index (χ2v) is 8.04. The molecule has 0 aromatic heterocycles. The maximum absolute atomic E-state index is 12.2. The Morgan fingerprint density at radius 2 is 1.79 bits per heavy atom. The van der Waals surface area contributed by atoms with Crippen molar-refractivity contribution in [2.45, 2.75) is 75.5 Å². The van der Waals surface area contributed by atoms with Gasteiger partial charge in [0.2, 0.25) is 0 Å². The van der Waals surface area contributed by atoms with Gasteiger partial charge in [0.05, 0.1) is 12.2 Å². The molecule has 8 nitrogen and oxygen atoms in total. The first-order chi connectivity index (χ1) is 11.0. The molecule has 2 bridgehead atoms. The minimum absolute atomic E-state index is 0.0292. The van der Waals surface area contributed by atoms with Gasteiger partial charge in [0, 0.05) is 17.8 Å². The summed E-state index contributed by atoms with van der Waals surface area (Å²) < 4.78 is 11.3. The van der Waals surface area contributed by atoms with Crippen LogP contribution in [-0.4, -0.2) is 79.8 Å². The van der Waals surface area contributed by atoms with Crippen LogP contribution in [0.5, 0.6) is 0 Å². The lowest BCUT2D eigenvalue weighted by Gasteiger charge is -2.68. The lowest BCUT2D eigenvalue weighted by molar-refractivity contribution is -0.378. The van der Waals surface area contributed by atoms with Crippen molar-refractivity contribution in [1.82, 2.24) is 0 Å². The Morgan fingerprint density at radius 3 is 2.33 bits per heavy atom. The van der Waals surface area contributed by atoms with Crippen LogP contribution in [0.3, 0.4) is 0 Å². The van der Waals surface area contributed by atoms with Crippen molar-refractivity contribution < 1.29 is 39.8 Å². The quantitative estimate of drug-likeness (QED) is 0.408. The zero-order chi connectivity index (χ0) is 18.1. The average Bonchev–Trinajstić information content (AvgIpc) is 2.51. The number of ether oxygens (including phenoxy) is 2. The number of carbonyl (C=O) groups is 1. The van der Waals surface area contributed by atoms with Crippen LogP contribution in [0, 0.1) is 11.3 Å². The van der Waals surface area contributed by atoms with E-state index in [1.807, 2.05) is 13.8 Å². The molecule has 4 aliphatic rings. The second-order valence-electron chi connectivity index (χ2n) is 8.04. The van der Waals surface area contributed by atoms with Gasteiger partial charge in [0.15, 0.2) is 12.1 Å². The molecule has 5 N–H and O–H groups in total. The molecule has 24 heavy (non-hydrogen) atoms. The first-order valence-electron chi connectivity index (χ1n) is 8.22. The molecule has 1 saturated heterocycles. The molecule has 0 aromatic rings. The van der Waals surface area contributed by atoms with E-state index in [9.17, 15) is 30.3 Å². The number of rotatable bonds is 3. The third kappa shape index (κ3) is 2.21. The predicted molar refractivity (Wildman–Crippen MR) is 79.7 cm³/mol. The fourth-order valence-electron chi connectivity index (χ4n) is 4.50. The summed E-state index contributed by atoms with van der Waals surface area (Å²) in [5.41, 5.74) is -2.88. The maximum atomic E-state index is 12.2. The summed E-state index contributed by atoms with van der Waals surface area (Å²) in [6, 6.07) is 0. The summed E-state index contributed by atoms with van der Waals surface area (Å²) in [6.45, 7) is 4.73. The molecule has 3 saturated carbocycles. The van der Waals surface area contributed by atoms with Gasteiger partial charge in [-0.1, -0.05) is 13.8 Å². The third-order valence-electron chi connectivity index (χ3n) is 6.46. The van der Waals surface area contributed by atoms with Gasteiger partial charge in [-0.2, -0.15) is 0 Å². The Morgan fingerprint density at radius 1 is 1.17 bits per heavy atom. The topological polar surface area (TPSA) is 137 Å². The second kappa shape index (κ2) is 5.44. The third-order valence-corrected chi connectivity index (χ3v) is 6.46. The van der Waals surface area contributed by atoms with Gasteiger partial charge in [-0.3, -0.25) is 4.79 Å². The Labute approximate surface area is 140 Å². The van der Waals surface area contributed by atoms with Gasteiger partial charge < -0.3 is 35.0 Å². The van der Waals surface area contributed by atoms with Crippen LogP contribution in [0.15, 0.2) is 0 Å². The number of Topliss-reactive ketones (excluding diaryl/α,β-unsaturated/α-hetero) is 1. The van der Waals surface area contributed by atoms with Crippen molar-refractivity contribution in [1.29, 1.82) is 0 Å². The van der Waals surface area contributed by atoms with E-state index in [2.05, 4.69) is 0 Å². The van der Waals surface area contributed by atoms with Crippen molar-refractivity contribution in [3.05, 3.63) is 0 Å². The van der Waals surface area contributed by atoms with Crippen LogP contribution < -0.4 is 0 Å². The number of carbonyl (C=O) groups excluding carboxylic acids is 1. The molecule has 8 atom stereocenters. The fourth-order valence-corrected chi connectivity index (χ4v) is 4.50. The number of aliphatic hydroxyl groups is 5. The van der Waals surface area contributed by atoms with E-state index >= 15 is 0 Å². The summed E-state index contributed by atoms with van der Waals surface area (Å²) in [7, 11) is 0. The van der Waals surface area contributed by atoms with E-state index in [0.29, 0.717) is 6.42 Å².